The number of anilines is 1. The van der Waals surface area contributed by atoms with E-state index in [1.54, 1.807) is 12.1 Å². The predicted octanol–water partition coefficient (Wildman–Crippen LogP) is 2.89. The molecule has 0 aromatic heterocycles. The molecule has 0 spiro atoms. The first-order valence-corrected chi connectivity index (χ1v) is 5.67. The van der Waals surface area contributed by atoms with Crippen LogP contribution in [0.25, 0.3) is 0 Å². The van der Waals surface area contributed by atoms with Gasteiger partial charge in [0, 0.05) is 10.9 Å². The zero-order valence-electron chi connectivity index (χ0n) is 8.79. The fourth-order valence-electron chi connectivity index (χ4n) is 1.26. The molecule has 5 heteroatoms. The summed E-state index contributed by atoms with van der Waals surface area (Å²) in [7, 11) is 0. The number of carboxylic acids is 1. The second-order valence-electron chi connectivity index (χ2n) is 3.27. The Hall–Kier alpha value is -1.36. The standard InChI is InChI=1S/C11H12BrNO3/c1-2-4-9(14)13-10-7(11(15)16)5-3-6-8(10)12/h3,5-6H,2,4H2,1H3,(H,13,14)(H,15,16). The van der Waals surface area contributed by atoms with Crippen LogP contribution in [0.3, 0.4) is 0 Å². The van der Waals surface area contributed by atoms with Gasteiger partial charge in [0.2, 0.25) is 5.91 Å². The number of rotatable bonds is 4. The number of halogens is 1. The molecule has 0 aliphatic rings. The van der Waals surface area contributed by atoms with Crippen LogP contribution in [0.1, 0.15) is 30.1 Å². The first kappa shape index (κ1) is 12.7. The highest BCUT2D eigenvalue weighted by molar-refractivity contribution is 9.10. The molecule has 0 heterocycles. The van der Waals surface area contributed by atoms with Crippen molar-refractivity contribution in [2.24, 2.45) is 0 Å². The summed E-state index contributed by atoms with van der Waals surface area (Å²) < 4.78 is 0.567. The highest BCUT2D eigenvalue weighted by Crippen LogP contribution is 2.26. The molecule has 1 aromatic rings. The Morgan fingerprint density at radius 3 is 2.69 bits per heavy atom. The van der Waals surface area contributed by atoms with E-state index in [0.29, 0.717) is 16.6 Å². The summed E-state index contributed by atoms with van der Waals surface area (Å²) in [5, 5.41) is 11.6. The van der Waals surface area contributed by atoms with Crippen molar-refractivity contribution in [3.05, 3.63) is 28.2 Å². The van der Waals surface area contributed by atoms with E-state index >= 15 is 0 Å². The summed E-state index contributed by atoms with van der Waals surface area (Å²) in [5.74, 6) is -1.25. The van der Waals surface area contributed by atoms with E-state index in [-0.39, 0.29) is 11.5 Å². The number of para-hydroxylation sites is 1. The maximum Gasteiger partial charge on any atom is 0.337 e. The van der Waals surface area contributed by atoms with Crippen LogP contribution in [0.5, 0.6) is 0 Å². The Bertz CT molecular complexity index is 418. The van der Waals surface area contributed by atoms with Crippen molar-refractivity contribution in [2.75, 3.05) is 5.32 Å². The van der Waals surface area contributed by atoms with Gasteiger partial charge in [0.25, 0.3) is 0 Å². The molecule has 86 valence electrons. The first-order valence-electron chi connectivity index (χ1n) is 4.88. The third kappa shape index (κ3) is 3.06. The number of carbonyl (C=O) groups is 2. The van der Waals surface area contributed by atoms with Gasteiger partial charge < -0.3 is 10.4 Å². The van der Waals surface area contributed by atoms with Gasteiger partial charge in [-0.05, 0) is 34.5 Å². The van der Waals surface area contributed by atoms with Crippen LogP contribution in [-0.2, 0) is 4.79 Å². The van der Waals surface area contributed by atoms with Crippen molar-refractivity contribution in [2.45, 2.75) is 19.8 Å². The average Bonchev–Trinajstić information content (AvgIpc) is 2.21. The van der Waals surface area contributed by atoms with Gasteiger partial charge in [0.05, 0.1) is 11.3 Å². The van der Waals surface area contributed by atoms with Crippen LogP contribution in [0.15, 0.2) is 22.7 Å². The summed E-state index contributed by atoms with van der Waals surface area (Å²) in [6.07, 6.45) is 1.10. The number of amides is 1. The van der Waals surface area contributed by atoms with E-state index in [1.165, 1.54) is 6.07 Å². The molecule has 0 fully saturated rings. The molecule has 4 nitrogen and oxygen atoms in total. The SMILES string of the molecule is CCCC(=O)Nc1c(Br)cccc1C(=O)O. The number of carboxylic acid groups (broad SMARTS) is 1. The Kier molecular flexibility index (Phi) is 4.49. The van der Waals surface area contributed by atoms with Gasteiger partial charge in [-0.25, -0.2) is 4.79 Å². The van der Waals surface area contributed by atoms with Crippen LogP contribution >= 0.6 is 15.9 Å². The minimum absolute atomic E-state index is 0.0822. The number of carbonyl (C=O) groups excluding carboxylic acids is 1. The second-order valence-corrected chi connectivity index (χ2v) is 4.12. The summed E-state index contributed by atoms with van der Waals surface area (Å²) >= 11 is 3.22. The minimum atomic E-state index is -1.06. The Balaban J connectivity index is 3.01. The van der Waals surface area contributed by atoms with Gasteiger partial charge in [-0.2, -0.15) is 0 Å². The molecule has 0 atom stereocenters. The molecule has 0 aliphatic carbocycles. The quantitative estimate of drug-likeness (QED) is 0.894. The fourth-order valence-corrected chi connectivity index (χ4v) is 1.72. The summed E-state index contributed by atoms with van der Waals surface area (Å²) in [5.41, 5.74) is 0.396. The van der Waals surface area contributed by atoms with Gasteiger partial charge in [0.1, 0.15) is 0 Å². The maximum absolute atomic E-state index is 11.4. The topological polar surface area (TPSA) is 66.4 Å². The maximum atomic E-state index is 11.4. The molecule has 0 saturated carbocycles. The van der Waals surface area contributed by atoms with Crippen molar-refractivity contribution in [3.63, 3.8) is 0 Å². The van der Waals surface area contributed by atoms with Crippen LogP contribution in [0, 0.1) is 0 Å². The van der Waals surface area contributed by atoms with Crippen molar-refractivity contribution in [3.8, 4) is 0 Å². The average molecular weight is 286 g/mol. The fraction of sp³-hybridized carbons (Fsp3) is 0.273. The van der Waals surface area contributed by atoms with Crippen LogP contribution in [0.2, 0.25) is 0 Å². The number of aromatic carboxylic acids is 1. The van der Waals surface area contributed by atoms with Crippen molar-refractivity contribution >= 4 is 33.5 Å². The molecule has 16 heavy (non-hydrogen) atoms. The van der Waals surface area contributed by atoms with E-state index in [1.807, 2.05) is 6.92 Å². The van der Waals surface area contributed by atoms with Gasteiger partial charge in [0.15, 0.2) is 0 Å². The molecule has 0 aliphatic heterocycles. The van der Waals surface area contributed by atoms with E-state index in [4.69, 9.17) is 5.11 Å². The lowest BCUT2D eigenvalue weighted by Gasteiger charge is -2.09. The molecule has 1 rings (SSSR count). The zero-order chi connectivity index (χ0) is 12.1. The molecule has 0 saturated heterocycles. The lowest BCUT2D eigenvalue weighted by molar-refractivity contribution is -0.116. The Morgan fingerprint density at radius 2 is 2.12 bits per heavy atom. The number of benzene rings is 1. The second kappa shape index (κ2) is 5.65. The number of nitrogens with one attached hydrogen (secondary N) is 1. The van der Waals surface area contributed by atoms with Gasteiger partial charge >= 0.3 is 5.97 Å². The molecule has 0 bridgehead atoms. The van der Waals surface area contributed by atoms with Crippen LogP contribution in [-0.4, -0.2) is 17.0 Å². The van der Waals surface area contributed by atoms with Crippen LogP contribution in [0.4, 0.5) is 5.69 Å². The molecule has 0 radical (unpaired) electrons. The van der Waals surface area contributed by atoms with E-state index in [9.17, 15) is 9.59 Å². The van der Waals surface area contributed by atoms with Gasteiger partial charge in [-0.15, -0.1) is 0 Å². The van der Waals surface area contributed by atoms with Crippen molar-refractivity contribution in [1.29, 1.82) is 0 Å². The molecular formula is C11H12BrNO3. The third-order valence-corrected chi connectivity index (χ3v) is 2.65. The third-order valence-electron chi connectivity index (χ3n) is 1.99. The zero-order valence-corrected chi connectivity index (χ0v) is 10.4. The molecule has 2 N–H and O–H groups in total. The van der Waals surface area contributed by atoms with Crippen molar-refractivity contribution in [1.82, 2.24) is 0 Å². The summed E-state index contributed by atoms with van der Waals surface area (Å²) in [6, 6.07) is 4.76. The van der Waals surface area contributed by atoms with E-state index < -0.39 is 5.97 Å². The molecule has 0 unspecified atom stereocenters. The Morgan fingerprint density at radius 1 is 1.44 bits per heavy atom. The summed E-state index contributed by atoms with van der Waals surface area (Å²) in [4.78, 5) is 22.4. The highest BCUT2D eigenvalue weighted by Gasteiger charge is 2.14. The van der Waals surface area contributed by atoms with E-state index in [0.717, 1.165) is 6.42 Å². The van der Waals surface area contributed by atoms with Gasteiger partial charge in [-0.1, -0.05) is 13.0 Å². The predicted molar refractivity (Wildman–Crippen MR) is 64.6 cm³/mol. The smallest absolute Gasteiger partial charge is 0.337 e. The molecular weight excluding hydrogens is 274 g/mol. The first-order chi connectivity index (χ1) is 7.56. The summed E-state index contributed by atoms with van der Waals surface area (Å²) in [6.45, 7) is 1.89. The molecule has 1 aromatic carbocycles. The molecule has 1 amide bonds. The lowest BCUT2D eigenvalue weighted by atomic mass is 10.1. The minimum Gasteiger partial charge on any atom is -0.478 e. The Labute approximate surface area is 102 Å². The largest absolute Gasteiger partial charge is 0.478 e. The monoisotopic (exact) mass is 285 g/mol. The van der Waals surface area contributed by atoms with Crippen LogP contribution < -0.4 is 5.32 Å². The number of hydrogen-bond acceptors (Lipinski definition) is 2. The van der Waals surface area contributed by atoms with Crippen molar-refractivity contribution < 1.29 is 14.7 Å². The van der Waals surface area contributed by atoms with Gasteiger partial charge in [-0.3, -0.25) is 4.79 Å². The lowest BCUT2D eigenvalue weighted by Crippen LogP contribution is -2.14. The van der Waals surface area contributed by atoms with E-state index in [2.05, 4.69) is 21.2 Å². The highest BCUT2D eigenvalue weighted by atomic mass is 79.9. The normalized spacial score (nSPS) is 9.88. The number of hydrogen-bond donors (Lipinski definition) is 2.